The second-order valence-corrected chi connectivity index (χ2v) is 4.73. The van der Waals surface area contributed by atoms with Gasteiger partial charge in [0.2, 0.25) is 0 Å². The maximum absolute atomic E-state index is 9.25. The van der Waals surface area contributed by atoms with Crippen molar-refractivity contribution in [2.75, 3.05) is 0 Å². The normalized spacial score (nSPS) is 10.4. The number of aliphatic hydroxyl groups is 2. The van der Waals surface area contributed by atoms with E-state index in [1.54, 1.807) is 24.3 Å². The van der Waals surface area contributed by atoms with Crippen molar-refractivity contribution in [1.82, 2.24) is 0 Å². The van der Waals surface area contributed by atoms with Crippen LogP contribution < -0.4 is 4.74 Å². The Hall–Kier alpha value is -1.36. The molecule has 0 amide bonds. The van der Waals surface area contributed by atoms with Crippen molar-refractivity contribution in [3.8, 4) is 11.5 Å². The van der Waals surface area contributed by atoms with Crippen LogP contribution in [0.15, 0.2) is 46.9 Å². The molecule has 0 atom stereocenters. The second-order valence-electron chi connectivity index (χ2n) is 3.82. The van der Waals surface area contributed by atoms with Gasteiger partial charge in [0.25, 0.3) is 0 Å². The number of ether oxygens (including phenoxy) is 1. The molecular weight excluding hydrogens is 296 g/mol. The molecule has 0 radical (unpaired) electrons. The average Bonchev–Trinajstić information content (AvgIpc) is 2.39. The molecule has 0 aliphatic rings. The highest BCUT2D eigenvalue weighted by molar-refractivity contribution is 9.10. The molecule has 0 spiro atoms. The summed E-state index contributed by atoms with van der Waals surface area (Å²) in [6.45, 7) is -0.106. The Morgan fingerprint density at radius 3 is 2.56 bits per heavy atom. The molecule has 0 aliphatic carbocycles. The van der Waals surface area contributed by atoms with E-state index in [0.29, 0.717) is 17.1 Å². The van der Waals surface area contributed by atoms with Crippen LogP contribution >= 0.6 is 15.9 Å². The number of hydrogen-bond donors (Lipinski definition) is 2. The van der Waals surface area contributed by atoms with Gasteiger partial charge in [0, 0.05) is 10.0 Å². The van der Waals surface area contributed by atoms with Crippen molar-refractivity contribution in [3.05, 3.63) is 58.1 Å². The van der Waals surface area contributed by atoms with Gasteiger partial charge in [0.15, 0.2) is 0 Å². The fraction of sp³-hybridized carbons (Fsp3) is 0.143. The van der Waals surface area contributed by atoms with Crippen molar-refractivity contribution < 1.29 is 14.9 Å². The monoisotopic (exact) mass is 308 g/mol. The van der Waals surface area contributed by atoms with Crippen LogP contribution in [0, 0.1) is 0 Å². The molecule has 2 rings (SSSR count). The lowest BCUT2D eigenvalue weighted by molar-refractivity contribution is 0.275. The Morgan fingerprint density at radius 2 is 1.83 bits per heavy atom. The summed E-state index contributed by atoms with van der Waals surface area (Å²) in [4.78, 5) is 0. The first-order valence-electron chi connectivity index (χ1n) is 5.50. The fourth-order valence-corrected chi connectivity index (χ4v) is 1.93. The molecule has 0 fully saturated rings. The minimum Gasteiger partial charge on any atom is -0.457 e. The zero-order chi connectivity index (χ0) is 13.0. The molecule has 0 saturated carbocycles. The van der Waals surface area contributed by atoms with Crippen LogP contribution in [0.25, 0.3) is 0 Å². The van der Waals surface area contributed by atoms with E-state index >= 15 is 0 Å². The molecule has 0 saturated heterocycles. The van der Waals surface area contributed by atoms with Crippen molar-refractivity contribution >= 4 is 15.9 Å². The van der Waals surface area contributed by atoms with E-state index in [1.807, 2.05) is 18.2 Å². The third kappa shape index (κ3) is 3.10. The van der Waals surface area contributed by atoms with E-state index < -0.39 is 0 Å². The summed E-state index contributed by atoms with van der Waals surface area (Å²) in [6.07, 6.45) is 0. The zero-order valence-corrected chi connectivity index (χ0v) is 11.2. The van der Waals surface area contributed by atoms with Gasteiger partial charge in [-0.2, -0.15) is 0 Å². The number of aliphatic hydroxyl groups excluding tert-OH is 2. The Balaban J connectivity index is 2.29. The number of halogens is 1. The largest absolute Gasteiger partial charge is 0.457 e. The van der Waals surface area contributed by atoms with E-state index in [-0.39, 0.29) is 13.2 Å². The molecule has 0 unspecified atom stereocenters. The lowest BCUT2D eigenvalue weighted by Gasteiger charge is -2.11. The van der Waals surface area contributed by atoms with Crippen LogP contribution in [0.3, 0.4) is 0 Å². The standard InChI is InChI=1S/C14H13BrO3/c15-12-5-4-11(9-17)14(7-12)18-13-3-1-2-10(6-13)8-16/h1-7,16-17H,8-9H2. The maximum atomic E-state index is 9.25. The molecule has 18 heavy (non-hydrogen) atoms. The molecule has 0 aliphatic heterocycles. The summed E-state index contributed by atoms with van der Waals surface area (Å²) in [5.74, 6) is 1.23. The zero-order valence-electron chi connectivity index (χ0n) is 9.64. The Bertz CT molecular complexity index is 540. The minimum absolute atomic E-state index is 0.0253. The topological polar surface area (TPSA) is 49.7 Å². The summed E-state index contributed by atoms with van der Waals surface area (Å²) < 4.78 is 6.61. The summed E-state index contributed by atoms with van der Waals surface area (Å²) >= 11 is 3.37. The number of benzene rings is 2. The van der Waals surface area contributed by atoms with Crippen LogP contribution in [0.2, 0.25) is 0 Å². The fourth-order valence-electron chi connectivity index (χ4n) is 1.59. The van der Waals surface area contributed by atoms with Gasteiger partial charge in [-0.25, -0.2) is 0 Å². The third-order valence-electron chi connectivity index (χ3n) is 2.51. The van der Waals surface area contributed by atoms with Gasteiger partial charge in [-0.15, -0.1) is 0 Å². The Kier molecular flexibility index (Phi) is 4.36. The summed E-state index contributed by atoms with van der Waals surface area (Å²) in [6, 6.07) is 12.7. The van der Waals surface area contributed by atoms with Crippen molar-refractivity contribution in [3.63, 3.8) is 0 Å². The second kappa shape index (κ2) is 6.00. The van der Waals surface area contributed by atoms with E-state index in [4.69, 9.17) is 9.84 Å². The van der Waals surface area contributed by atoms with Crippen LogP contribution in [0.5, 0.6) is 11.5 Å². The van der Waals surface area contributed by atoms with Crippen LogP contribution in [-0.2, 0) is 13.2 Å². The average molecular weight is 309 g/mol. The molecule has 0 heterocycles. The van der Waals surface area contributed by atoms with Crippen LogP contribution in [0.1, 0.15) is 11.1 Å². The summed E-state index contributed by atoms with van der Waals surface area (Å²) in [5, 5.41) is 18.3. The molecule has 94 valence electrons. The number of hydrogen-bond acceptors (Lipinski definition) is 3. The molecule has 2 N–H and O–H groups in total. The predicted octanol–water partition coefficient (Wildman–Crippen LogP) is 3.23. The van der Waals surface area contributed by atoms with E-state index in [1.165, 1.54) is 0 Å². The summed E-state index contributed by atoms with van der Waals surface area (Å²) in [7, 11) is 0. The quantitative estimate of drug-likeness (QED) is 0.911. The molecule has 2 aromatic rings. The Labute approximate surface area is 114 Å². The van der Waals surface area contributed by atoms with Gasteiger partial charge < -0.3 is 14.9 Å². The lowest BCUT2D eigenvalue weighted by Crippen LogP contribution is -1.92. The van der Waals surface area contributed by atoms with Crippen molar-refractivity contribution in [2.24, 2.45) is 0 Å². The van der Waals surface area contributed by atoms with E-state index in [0.717, 1.165) is 10.0 Å². The van der Waals surface area contributed by atoms with E-state index in [9.17, 15) is 5.11 Å². The lowest BCUT2D eigenvalue weighted by atomic mass is 10.2. The predicted molar refractivity (Wildman–Crippen MR) is 72.5 cm³/mol. The van der Waals surface area contributed by atoms with Gasteiger partial charge >= 0.3 is 0 Å². The number of rotatable bonds is 4. The third-order valence-corrected chi connectivity index (χ3v) is 3.00. The minimum atomic E-state index is -0.0810. The van der Waals surface area contributed by atoms with Gasteiger partial charge in [-0.05, 0) is 29.8 Å². The van der Waals surface area contributed by atoms with Crippen LogP contribution in [0.4, 0.5) is 0 Å². The molecule has 0 bridgehead atoms. The molecular formula is C14H13BrO3. The van der Waals surface area contributed by atoms with E-state index in [2.05, 4.69) is 15.9 Å². The molecule has 3 nitrogen and oxygen atoms in total. The first kappa shape index (κ1) is 13.1. The SMILES string of the molecule is OCc1cccc(Oc2cc(Br)ccc2CO)c1. The smallest absolute Gasteiger partial charge is 0.134 e. The highest BCUT2D eigenvalue weighted by Crippen LogP contribution is 2.29. The highest BCUT2D eigenvalue weighted by atomic mass is 79.9. The molecule has 2 aromatic carbocycles. The molecule has 4 heteroatoms. The van der Waals surface area contributed by atoms with Gasteiger partial charge in [-0.1, -0.05) is 34.1 Å². The van der Waals surface area contributed by atoms with Crippen molar-refractivity contribution in [1.29, 1.82) is 0 Å². The Morgan fingerprint density at radius 1 is 1.00 bits per heavy atom. The first-order chi connectivity index (χ1) is 8.72. The van der Waals surface area contributed by atoms with Gasteiger partial charge in [0.05, 0.1) is 13.2 Å². The maximum Gasteiger partial charge on any atom is 0.134 e. The molecule has 0 aromatic heterocycles. The summed E-state index contributed by atoms with van der Waals surface area (Å²) in [5.41, 5.74) is 1.50. The van der Waals surface area contributed by atoms with Gasteiger partial charge in [0.1, 0.15) is 11.5 Å². The van der Waals surface area contributed by atoms with Crippen LogP contribution in [-0.4, -0.2) is 10.2 Å². The highest BCUT2D eigenvalue weighted by Gasteiger charge is 2.05. The van der Waals surface area contributed by atoms with Crippen molar-refractivity contribution in [2.45, 2.75) is 13.2 Å². The van der Waals surface area contributed by atoms with Gasteiger partial charge in [-0.3, -0.25) is 0 Å². The first-order valence-corrected chi connectivity index (χ1v) is 6.29.